The molecule has 0 fully saturated rings. The fourth-order valence-electron chi connectivity index (χ4n) is 0.621. The van der Waals surface area contributed by atoms with Crippen LogP contribution in [0, 0.1) is 13.8 Å². The van der Waals surface area contributed by atoms with Crippen LogP contribution in [0.5, 0.6) is 0 Å². The van der Waals surface area contributed by atoms with Gasteiger partial charge in [-0.05, 0) is 25.0 Å². The van der Waals surface area contributed by atoms with Gasteiger partial charge in [0, 0.05) is 18.6 Å². The van der Waals surface area contributed by atoms with Crippen molar-refractivity contribution in [3.05, 3.63) is 35.9 Å². The number of nitrogens with zero attached hydrogens (tertiary/aromatic N) is 2. The summed E-state index contributed by atoms with van der Waals surface area (Å²) in [5.41, 5.74) is 2.07. The Morgan fingerprint density at radius 3 is 2.64 bits per heavy atom. The van der Waals surface area contributed by atoms with Gasteiger partial charge in [0.15, 0.2) is 0 Å². The van der Waals surface area contributed by atoms with E-state index in [4.69, 9.17) is 0 Å². The van der Waals surface area contributed by atoms with E-state index in [1.807, 2.05) is 13.8 Å². The van der Waals surface area contributed by atoms with Crippen LogP contribution in [0.3, 0.4) is 0 Å². The second kappa shape index (κ2) is 3.71. The van der Waals surface area contributed by atoms with Crippen molar-refractivity contribution < 1.29 is 0 Å². The molecule has 1 aromatic heterocycles. The zero-order valence-corrected chi connectivity index (χ0v) is 6.70. The molecule has 0 aliphatic rings. The minimum absolute atomic E-state index is 1.02. The van der Waals surface area contributed by atoms with Gasteiger partial charge in [-0.3, -0.25) is 10.1 Å². The third-order valence-corrected chi connectivity index (χ3v) is 1.19. The van der Waals surface area contributed by atoms with Crippen LogP contribution in [-0.4, -0.2) is 15.2 Å². The summed E-state index contributed by atoms with van der Waals surface area (Å²) in [6.45, 7) is 3.91. The smallest absolute Gasteiger partial charge is 0.0516 e. The van der Waals surface area contributed by atoms with Crippen molar-refractivity contribution in [3.63, 3.8) is 0 Å². The lowest BCUT2D eigenvalue weighted by atomic mass is 10.4. The van der Waals surface area contributed by atoms with Crippen LogP contribution in [-0.2, 0) is 0 Å². The highest BCUT2D eigenvalue weighted by Crippen LogP contribution is 1.87. The van der Waals surface area contributed by atoms with E-state index in [9.17, 15) is 0 Å². The summed E-state index contributed by atoms with van der Waals surface area (Å²) < 4.78 is 0. The summed E-state index contributed by atoms with van der Waals surface area (Å²) in [6, 6.07) is 0. The van der Waals surface area contributed by atoms with Gasteiger partial charge >= 0.3 is 0 Å². The Kier molecular flexibility index (Phi) is 2.60. The summed E-state index contributed by atoms with van der Waals surface area (Å²) in [7, 11) is 0. The topological polar surface area (TPSA) is 41.6 Å². The molecule has 0 saturated heterocycles. The van der Waals surface area contributed by atoms with Crippen LogP contribution in [0.2, 0.25) is 0 Å². The van der Waals surface area contributed by atoms with Crippen molar-refractivity contribution in [1.82, 2.24) is 15.2 Å². The van der Waals surface area contributed by atoms with Crippen LogP contribution in [0.1, 0.15) is 11.1 Å². The number of H-pyrrole nitrogens is 1. The zero-order valence-electron chi connectivity index (χ0n) is 6.70. The molecular formula is C8H11N3. The second-order valence-electron chi connectivity index (χ2n) is 2.43. The summed E-state index contributed by atoms with van der Waals surface area (Å²) >= 11 is 0. The molecule has 0 saturated carbocycles. The Labute approximate surface area is 65.8 Å². The highest BCUT2D eigenvalue weighted by Gasteiger charge is 1.76. The molecule has 1 aromatic rings. The van der Waals surface area contributed by atoms with Crippen LogP contribution in [0.15, 0.2) is 24.8 Å². The quantitative estimate of drug-likeness (QED) is 0.608. The number of hydrogen-bond donors (Lipinski definition) is 1. The number of aromatic amines is 1. The fraction of sp³-hybridized carbons (Fsp3) is 0.250. The normalized spacial score (nSPS) is 8.91. The number of hydrogen-bond acceptors (Lipinski definition) is 2. The van der Waals surface area contributed by atoms with Crippen molar-refractivity contribution in [3.8, 4) is 0 Å². The number of aromatic nitrogens is 3. The second-order valence-corrected chi connectivity index (χ2v) is 2.43. The van der Waals surface area contributed by atoms with Crippen molar-refractivity contribution in [2.24, 2.45) is 0 Å². The molecule has 3 heteroatoms. The molecule has 11 heavy (non-hydrogen) atoms. The maximum absolute atomic E-state index is 4.07. The zero-order chi connectivity index (χ0) is 8.10. The molecule has 0 atom stereocenters. The van der Waals surface area contributed by atoms with Gasteiger partial charge in [-0.15, -0.1) is 0 Å². The highest BCUT2D eigenvalue weighted by molar-refractivity contribution is 5.00. The van der Waals surface area contributed by atoms with Crippen molar-refractivity contribution >= 4 is 0 Å². The van der Waals surface area contributed by atoms with Gasteiger partial charge in [-0.25, -0.2) is 0 Å². The molecule has 1 rings (SSSR count). The summed E-state index contributed by atoms with van der Waals surface area (Å²) in [6.07, 6.45) is 7.08. The van der Waals surface area contributed by atoms with Crippen LogP contribution in [0.25, 0.3) is 0 Å². The van der Waals surface area contributed by atoms with Crippen molar-refractivity contribution in [1.29, 1.82) is 0 Å². The lowest BCUT2D eigenvalue weighted by molar-refractivity contribution is 1.03. The molecule has 3 nitrogen and oxygen atoms in total. The molecule has 0 radical (unpaired) electrons. The molecule has 0 bridgehead atoms. The molecule has 1 heterocycles. The lowest BCUT2D eigenvalue weighted by Crippen LogP contribution is -1.71. The van der Waals surface area contributed by atoms with Crippen LogP contribution < -0.4 is 0 Å². The molecule has 0 spiro atoms. The molecule has 58 valence electrons. The Balaban J connectivity index is 3.21. The van der Waals surface area contributed by atoms with E-state index in [1.165, 1.54) is 0 Å². The third-order valence-electron chi connectivity index (χ3n) is 1.19. The highest BCUT2D eigenvalue weighted by atomic mass is 15.1. The van der Waals surface area contributed by atoms with Gasteiger partial charge in [0.25, 0.3) is 0 Å². The fourth-order valence-corrected chi connectivity index (χ4v) is 0.621. The molecule has 0 unspecified atom stereocenters. The number of aryl methyl sites for hydroxylation is 2. The van der Waals surface area contributed by atoms with E-state index < -0.39 is 0 Å². The molecule has 0 aliphatic carbocycles. The first-order chi connectivity index (χ1) is 5.29. The van der Waals surface area contributed by atoms with E-state index >= 15 is 0 Å². The van der Waals surface area contributed by atoms with E-state index in [1.54, 1.807) is 24.8 Å². The summed E-state index contributed by atoms with van der Waals surface area (Å²) in [4.78, 5) is 4.07. The number of nitrogens with one attached hydrogen (secondary N) is 1. The maximum Gasteiger partial charge on any atom is 0.0516 e. The monoisotopic (exact) mass is 149 g/mol. The first kappa shape index (κ1) is 7.72. The van der Waals surface area contributed by atoms with Gasteiger partial charge in [0.2, 0.25) is 0 Å². The summed E-state index contributed by atoms with van der Waals surface area (Å²) in [5.74, 6) is 0. The van der Waals surface area contributed by atoms with Gasteiger partial charge in [0.05, 0.1) is 6.20 Å². The standard InChI is InChI=1S/C8H11N3/c1-7-3-9-4-8(2)6-11-10-5-7/h3-6,10H,1-2H3. The van der Waals surface area contributed by atoms with Crippen molar-refractivity contribution in [2.75, 3.05) is 0 Å². The van der Waals surface area contributed by atoms with Crippen LogP contribution >= 0.6 is 0 Å². The lowest BCUT2D eigenvalue weighted by Gasteiger charge is -1.77. The average Bonchev–Trinajstić information content (AvgIpc) is 2.04. The van der Waals surface area contributed by atoms with Gasteiger partial charge < -0.3 is 0 Å². The maximum atomic E-state index is 4.07. The Hall–Kier alpha value is -1.38. The summed E-state index contributed by atoms with van der Waals surface area (Å²) in [5, 5.41) is 6.71. The van der Waals surface area contributed by atoms with Crippen LogP contribution in [0.4, 0.5) is 0 Å². The Morgan fingerprint density at radius 2 is 1.82 bits per heavy atom. The molecule has 1 N–H and O–H groups in total. The van der Waals surface area contributed by atoms with Crippen molar-refractivity contribution in [2.45, 2.75) is 13.8 Å². The van der Waals surface area contributed by atoms with E-state index in [2.05, 4.69) is 15.2 Å². The minimum atomic E-state index is 1.02. The largest absolute Gasteiger partial charge is 0.285 e. The van der Waals surface area contributed by atoms with E-state index in [0.29, 0.717) is 0 Å². The predicted octanol–water partition coefficient (Wildman–Crippen LogP) is 1.55. The Morgan fingerprint density at radius 1 is 1.09 bits per heavy atom. The Bertz CT molecular complexity index is 250. The molecule has 0 aromatic carbocycles. The first-order valence-corrected chi connectivity index (χ1v) is 3.44. The predicted molar refractivity (Wildman–Crippen MR) is 43.5 cm³/mol. The van der Waals surface area contributed by atoms with Gasteiger partial charge in [-0.2, -0.15) is 5.10 Å². The molecular weight excluding hydrogens is 138 g/mol. The average molecular weight is 149 g/mol. The first-order valence-electron chi connectivity index (χ1n) is 3.44. The van der Waals surface area contributed by atoms with E-state index in [0.717, 1.165) is 11.1 Å². The van der Waals surface area contributed by atoms with Gasteiger partial charge in [-0.1, -0.05) is 0 Å². The van der Waals surface area contributed by atoms with Gasteiger partial charge in [0.1, 0.15) is 0 Å². The third kappa shape index (κ3) is 2.80. The van der Waals surface area contributed by atoms with E-state index in [-0.39, 0.29) is 0 Å². The molecule has 0 aliphatic heterocycles. The minimum Gasteiger partial charge on any atom is -0.285 e. The molecule has 0 amide bonds. The SMILES string of the molecule is Cc1cncc(C)c[nH]nc1. The number of rotatable bonds is 0.